The van der Waals surface area contributed by atoms with E-state index in [1.165, 1.54) is 4.57 Å². The molecule has 0 aliphatic rings. The van der Waals surface area contributed by atoms with Gasteiger partial charge in [-0.3, -0.25) is 18.5 Å². The summed E-state index contributed by atoms with van der Waals surface area (Å²) in [5, 5.41) is 10.6. The molecule has 1 unspecified atom stereocenters. The van der Waals surface area contributed by atoms with Crippen LogP contribution >= 0.6 is 11.6 Å². The third-order valence-corrected chi connectivity index (χ3v) is 6.36. The number of carboxylic acids is 1. The fraction of sp³-hybridized carbons (Fsp3) is 0.370. The number of ether oxygens (including phenoxy) is 1. The number of carbonyl (C=O) groups excluding carboxylic acids is 1. The lowest BCUT2D eigenvalue weighted by Crippen LogP contribution is -2.29. The maximum Gasteiger partial charge on any atom is 0.419 e. The molecule has 2 heterocycles. The Morgan fingerprint density at radius 1 is 1.06 bits per heavy atom. The highest BCUT2D eigenvalue weighted by molar-refractivity contribution is 6.35. The Morgan fingerprint density at radius 3 is 2.36 bits per heavy atom. The zero-order chi connectivity index (χ0) is 26.2. The highest BCUT2D eigenvalue weighted by Crippen LogP contribution is 2.31. The molecular formula is C27H30ClN3O5. The van der Waals surface area contributed by atoms with Crippen LogP contribution < -0.4 is 5.69 Å². The molecule has 0 spiro atoms. The number of aromatic nitrogens is 3. The third-order valence-electron chi connectivity index (χ3n) is 6.04. The fourth-order valence-corrected chi connectivity index (χ4v) is 4.96. The number of halogens is 1. The van der Waals surface area contributed by atoms with Gasteiger partial charge in [0.2, 0.25) is 0 Å². The van der Waals surface area contributed by atoms with Gasteiger partial charge in [0.25, 0.3) is 0 Å². The molecule has 0 radical (unpaired) electrons. The molecular weight excluding hydrogens is 482 g/mol. The number of hydrogen-bond acceptors (Lipinski definition) is 4. The molecule has 2 aromatic heterocycles. The van der Waals surface area contributed by atoms with Crippen molar-refractivity contribution in [3.63, 3.8) is 0 Å². The van der Waals surface area contributed by atoms with E-state index in [1.807, 2.05) is 31.2 Å². The minimum Gasteiger partial charge on any atom is -0.481 e. The molecule has 36 heavy (non-hydrogen) atoms. The Labute approximate surface area is 213 Å². The van der Waals surface area contributed by atoms with Gasteiger partial charge < -0.3 is 9.84 Å². The van der Waals surface area contributed by atoms with Crippen LogP contribution in [0.2, 0.25) is 5.02 Å². The number of aliphatic carboxylic acids is 1. The van der Waals surface area contributed by atoms with Crippen molar-refractivity contribution in [2.45, 2.75) is 65.1 Å². The second kappa shape index (κ2) is 9.85. The quantitative estimate of drug-likeness (QED) is 0.325. The number of nitrogens with zero attached hydrogens (tertiary/aromatic N) is 3. The highest BCUT2D eigenvalue weighted by Gasteiger charge is 2.25. The maximum absolute atomic E-state index is 13.7. The highest BCUT2D eigenvalue weighted by atomic mass is 35.5. The van der Waals surface area contributed by atoms with Crippen LogP contribution in [0.5, 0.6) is 0 Å². The number of rotatable bonds is 7. The summed E-state index contributed by atoms with van der Waals surface area (Å²) in [6.45, 7) is 7.50. The summed E-state index contributed by atoms with van der Waals surface area (Å²) in [5.41, 5.74) is 1.62. The number of benzene rings is 2. The van der Waals surface area contributed by atoms with E-state index in [9.17, 15) is 19.5 Å². The molecule has 0 bridgehead atoms. The normalized spacial score (nSPS) is 12.8. The SMILES string of the molecule is CCCC(CC(=O)O)n1c(=O)n(Cc2cn(C(=O)OC(C)(C)C)c3cccc(Cl)c23)c2ccccc21. The smallest absolute Gasteiger partial charge is 0.419 e. The second-order valence-electron chi connectivity index (χ2n) is 9.91. The maximum atomic E-state index is 13.7. The summed E-state index contributed by atoms with van der Waals surface area (Å²) in [6.07, 6.45) is 2.27. The number of imidazole rings is 1. The zero-order valence-corrected chi connectivity index (χ0v) is 21.6. The Morgan fingerprint density at radius 2 is 1.72 bits per heavy atom. The van der Waals surface area contributed by atoms with Crippen molar-refractivity contribution < 1.29 is 19.4 Å². The van der Waals surface area contributed by atoms with Crippen LogP contribution in [-0.4, -0.2) is 36.5 Å². The average molecular weight is 512 g/mol. The summed E-state index contributed by atoms with van der Waals surface area (Å²) in [6, 6.07) is 12.1. The molecule has 0 amide bonds. The summed E-state index contributed by atoms with van der Waals surface area (Å²) in [5.74, 6) is -0.954. The zero-order valence-electron chi connectivity index (χ0n) is 20.8. The van der Waals surface area contributed by atoms with Gasteiger partial charge in [-0.05, 0) is 57.0 Å². The standard InChI is InChI=1S/C27H30ClN3O5/c1-5-9-18(14-23(32)33)31-21-12-7-6-11-20(21)29(25(31)34)15-17-16-30(26(35)36-27(2,3)4)22-13-8-10-19(28)24(17)22/h6-8,10-13,16,18H,5,9,14-15H2,1-4H3,(H,32,33). The number of carbonyl (C=O) groups is 2. The number of hydrogen-bond donors (Lipinski definition) is 1. The van der Waals surface area contributed by atoms with E-state index in [2.05, 4.69) is 0 Å². The summed E-state index contributed by atoms with van der Waals surface area (Å²) in [7, 11) is 0. The van der Waals surface area contributed by atoms with Crippen LogP contribution in [0.1, 0.15) is 58.6 Å². The van der Waals surface area contributed by atoms with E-state index in [0.29, 0.717) is 38.9 Å². The van der Waals surface area contributed by atoms with Crippen LogP contribution in [0.25, 0.3) is 21.9 Å². The first-order valence-electron chi connectivity index (χ1n) is 11.9. The van der Waals surface area contributed by atoms with Crippen molar-refractivity contribution in [1.29, 1.82) is 0 Å². The summed E-state index contributed by atoms with van der Waals surface area (Å²) >= 11 is 6.57. The van der Waals surface area contributed by atoms with E-state index in [1.54, 1.807) is 54.3 Å². The van der Waals surface area contributed by atoms with Gasteiger partial charge in [0.15, 0.2) is 0 Å². The van der Waals surface area contributed by atoms with Gasteiger partial charge in [-0.15, -0.1) is 0 Å². The van der Waals surface area contributed by atoms with Gasteiger partial charge in [-0.2, -0.15) is 0 Å². The van der Waals surface area contributed by atoms with E-state index in [4.69, 9.17) is 16.3 Å². The van der Waals surface area contributed by atoms with Crippen LogP contribution in [-0.2, 0) is 16.1 Å². The number of carboxylic acid groups (broad SMARTS) is 1. The number of para-hydroxylation sites is 2. The van der Waals surface area contributed by atoms with Gasteiger partial charge in [-0.25, -0.2) is 9.59 Å². The minimum atomic E-state index is -0.954. The fourth-order valence-electron chi connectivity index (χ4n) is 4.67. The Balaban J connectivity index is 1.89. The molecule has 4 rings (SSSR count). The van der Waals surface area contributed by atoms with E-state index < -0.39 is 23.7 Å². The monoisotopic (exact) mass is 511 g/mol. The molecule has 4 aromatic rings. The van der Waals surface area contributed by atoms with Gasteiger partial charge >= 0.3 is 17.8 Å². The first kappa shape index (κ1) is 25.6. The molecule has 8 nitrogen and oxygen atoms in total. The first-order chi connectivity index (χ1) is 17.0. The van der Waals surface area contributed by atoms with Crippen LogP contribution in [0.3, 0.4) is 0 Å². The van der Waals surface area contributed by atoms with Crippen molar-refractivity contribution in [3.05, 3.63) is 69.7 Å². The van der Waals surface area contributed by atoms with E-state index in [-0.39, 0.29) is 18.7 Å². The van der Waals surface area contributed by atoms with Crippen molar-refractivity contribution in [3.8, 4) is 0 Å². The summed E-state index contributed by atoms with van der Waals surface area (Å²) < 4.78 is 10.2. The van der Waals surface area contributed by atoms with Crippen LogP contribution in [0.15, 0.2) is 53.5 Å². The molecule has 0 saturated heterocycles. The predicted molar refractivity (Wildman–Crippen MR) is 140 cm³/mol. The molecule has 190 valence electrons. The third kappa shape index (κ3) is 4.91. The number of fused-ring (bicyclic) bond motifs is 2. The molecule has 0 saturated carbocycles. The van der Waals surface area contributed by atoms with Crippen LogP contribution in [0.4, 0.5) is 4.79 Å². The lowest BCUT2D eigenvalue weighted by molar-refractivity contribution is -0.137. The lowest BCUT2D eigenvalue weighted by Gasteiger charge is -2.19. The predicted octanol–water partition coefficient (Wildman–Crippen LogP) is 6.06. The Hall–Kier alpha value is -3.52. The van der Waals surface area contributed by atoms with Gasteiger partial charge in [-0.1, -0.05) is 43.1 Å². The van der Waals surface area contributed by atoms with Gasteiger partial charge in [0.05, 0.1) is 34.5 Å². The van der Waals surface area contributed by atoms with Crippen molar-refractivity contribution >= 4 is 45.6 Å². The first-order valence-corrected chi connectivity index (χ1v) is 12.3. The molecule has 0 fully saturated rings. The van der Waals surface area contributed by atoms with Crippen molar-refractivity contribution in [2.24, 2.45) is 0 Å². The largest absolute Gasteiger partial charge is 0.481 e. The van der Waals surface area contributed by atoms with Gasteiger partial charge in [0, 0.05) is 17.6 Å². The molecule has 2 aromatic carbocycles. The molecule has 0 aliphatic heterocycles. The Bertz CT molecular complexity index is 1510. The van der Waals surface area contributed by atoms with Crippen LogP contribution in [0, 0.1) is 0 Å². The minimum absolute atomic E-state index is 0.147. The van der Waals surface area contributed by atoms with E-state index in [0.717, 1.165) is 6.42 Å². The Kier molecular flexibility index (Phi) is 7.00. The second-order valence-corrected chi connectivity index (χ2v) is 10.3. The van der Waals surface area contributed by atoms with Crippen molar-refractivity contribution in [1.82, 2.24) is 13.7 Å². The molecule has 1 N–H and O–H groups in total. The molecule has 9 heteroatoms. The lowest BCUT2D eigenvalue weighted by atomic mass is 10.1. The summed E-state index contributed by atoms with van der Waals surface area (Å²) in [4.78, 5) is 38.3. The molecule has 0 aliphatic carbocycles. The topological polar surface area (TPSA) is 95.5 Å². The molecule has 1 atom stereocenters. The average Bonchev–Trinajstić information content (AvgIpc) is 3.29. The van der Waals surface area contributed by atoms with Gasteiger partial charge in [0.1, 0.15) is 5.60 Å². The van der Waals surface area contributed by atoms with E-state index >= 15 is 0 Å². The van der Waals surface area contributed by atoms with Crippen molar-refractivity contribution in [2.75, 3.05) is 0 Å².